The summed E-state index contributed by atoms with van der Waals surface area (Å²) in [6, 6.07) is 8.51. The van der Waals surface area contributed by atoms with E-state index in [0.29, 0.717) is 22.9 Å². The summed E-state index contributed by atoms with van der Waals surface area (Å²) in [4.78, 5) is 0.639. The van der Waals surface area contributed by atoms with Gasteiger partial charge < -0.3 is 0 Å². The van der Waals surface area contributed by atoms with Gasteiger partial charge in [-0.05, 0) is 32.0 Å². The SMILES string of the molecule is Cc1cc(C)n(Cc2nn3c(-c4ccccc4F)nnc3s2)n1. The maximum atomic E-state index is 14.0. The fourth-order valence-electron chi connectivity index (χ4n) is 2.49. The molecule has 0 saturated carbocycles. The van der Waals surface area contributed by atoms with E-state index in [0.717, 1.165) is 16.4 Å². The van der Waals surface area contributed by atoms with Crippen molar-refractivity contribution in [3.63, 3.8) is 0 Å². The van der Waals surface area contributed by atoms with Crippen LogP contribution in [0.2, 0.25) is 0 Å². The topological polar surface area (TPSA) is 60.9 Å². The van der Waals surface area contributed by atoms with Gasteiger partial charge in [-0.1, -0.05) is 23.5 Å². The standard InChI is InChI=1S/C15H13FN6S/c1-9-7-10(2)21(19-9)8-13-20-22-14(17-18-15(22)23-13)11-5-3-4-6-12(11)16/h3-7H,8H2,1-2H3. The summed E-state index contributed by atoms with van der Waals surface area (Å²) in [5.74, 6) is 0.0730. The summed E-state index contributed by atoms with van der Waals surface area (Å²) >= 11 is 1.43. The smallest absolute Gasteiger partial charge is 0.235 e. The van der Waals surface area contributed by atoms with Crippen LogP contribution in [0.3, 0.4) is 0 Å². The third kappa shape index (κ3) is 2.40. The van der Waals surface area contributed by atoms with E-state index in [9.17, 15) is 4.39 Å². The van der Waals surface area contributed by atoms with Crippen molar-refractivity contribution in [1.82, 2.24) is 29.6 Å². The van der Waals surface area contributed by atoms with Crippen molar-refractivity contribution in [2.24, 2.45) is 0 Å². The van der Waals surface area contributed by atoms with E-state index in [1.807, 2.05) is 24.6 Å². The van der Waals surface area contributed by atoms with Crippen LogP contribution in [0, 0.1) is 19.7 Å². The molecule has 0 aliphatic heterocycles. The molecule has 3 heterocycles. The van der Waals surface area contributed by atoms with Crippen molar-refractivity contribution in [1.29, 1.82) is 0 Å². The van der Waals surface area contributed by atoms with Gasteiger partial charge in [0.25, 0.3) is 0 Å². The van der Waals surface area contributed by atoms with Gasteiger partial charge in [-0.15, -0.1) is 10.2 Å². The first-order valence-corrected chi connectivity index (χ1v) is 7.90. The fourth-order valence-corrected chi connectivity index (χ4v) is 3.31. The number of aryl methyl sites for hydroxylation is 2. The second kappa shape index (κ2) is 5.24. The van der Waals surface area contributed by atoms with Gasteiger partial charge in [-0.3, -0.25) is 4.68 Å². The van der Waals surface area contributed by atoms with Gasteiger partial charge >= 0.3 is 0 Å². The number of nitrogens with zero attached hydrogens (tertiary/aromatic N) is 6. The minimum Gasteiger partial charge on any atom is -0.263 e. The van der Waals surface area contributed by atoms with E-state index < -0.39 is 0 Å². The Balaban J connectivity index is 1.75. The molecule has 8 heteroatoms. The molecule has 0 bridgehead atoms. The van der Waals surface area contributed by atoms with Crippen LogP contribution >= 0.6 is 11.3 Å². The molecular formula is C15H13FN6S. The highest BCUT2D eigenvalue weighted by Crippen LogP contribution is 2.24. The molecule has 4 rings (SSSR count). The summed E-state index contributed by atoms with van der Waals surface area (Å²) in [6.07, 6.45) is 0. The van der Waals surface area contributed by atoms with Gasteiger partial charge in [-0.25, -0.2) is 4.39 Å². The van der Waals surface area contributed by atoms with Gasteiger partial charge in [-0.2, -0.15) is 14.7 Å². The highest BCUT2D eigenvalue weighted by molar-refractivity contribution is 7.16. The molecular weight excluding hydrogens is 315 g/mol. The zero-order valence-corrected chi connectivity index (χ0v) is 13.4. The van der Waals surface area contributed by atoms with Crippen molar-refractivity contribution >= 4 is 16.3 Å². The molecule has 4 aromatic rings. The summed E-state index contributed by atoms with van der Waals surface area (Å²) in [6.45, 7) is 4.52. The number of hydrogen-bond acceptors (Lipinski definition) is 5. The maximum Gasteiger partial charge on any atom is 0.235 e. The van der Waals surface area contributed by atoms with Crippen LogP contribution in [0.25, 0.3) is 16.3 Å². The number of benzene rings is 1. The maximum absolute atomic E-state index is 14.0. The lowest BCUT2D eigenvalue weighted by Crippen LogP contribution is -2.04. The molecule has 6 nitrogen and oxygen atoms in total. The van der Waals surface area contributed by atoms with Crippen LogP contribution in [0.15, 0.2) is 30.3 Å². The lowest BCUT2D eigenvalue weighted by atomic mass is 10.2. The monoisotopic (exact) mass is 328 g/mol. The normalized spacial score (nSPS) is 11.4. The molecule has 0 N–H and O–H groups in total. The van der Waals surface area contributed by atoms with Crippen molar-refractivity contribution < 1.29 is 4.39 Å². The third-order valence-electron chi connectivity index (χ3n) is 3.54. The molecule has 116 valence electrons. The Morgan fingerprint density at radius 2 is 1.96 bits per heavy atom. The third-order valence-corrected chi connectivity index (χ3v) is 4.42. The number of aromatic nitrogens is 6. The molecule has 23 heavy (non-hydrogen) atoms. The van der Waals surface area contributed by atoms with Crippen LogP contribution in [0.1, 0.15) is 16.4 Å². The van der Waals surface area contributed by atoms with Crippen LogP contribution < -0.4 is 0 Å². The summed E-state index contributed by atoms with van der Waals surface area (Å²) in [7, 11) is 0. The zero-order chi connectivity index (χ0) is 16.0. The van der Waals surface area contributed by atoms with Crippen molar-refractivity contribution in [3.8, 4) is 11.4 Å². The van der Waals surface area contributed by atoms with E-state index in [-0.39, 0.29) is 5.82 Å². The van der Waals surface area contributed by atoms with Crippen molar-refractivity contribution in [2.45, 2.75) is 20.4 Å². The molecule has 0 aliphatic carbocycles. The molecule has 0 amide bonds. The van der Waals surface area contributed by atoms with E-state index in [1.54, 1.807) is 22.7 Å². The average Bonchev–Trinajstić information content (AvgIpc) is 3.15. The average molecular weight is 328 g/mol. The highest BCUT2D eigenvalue weighted by Gasteiger charge is 2.16. The Hall–Kier alpha value is -2.61. The van der Waals surface area contributed by atoms with Crippen molar-refractivity contribution in [2.75, 3.05) is 0 Å². The Labute approximate surface area is 135 Å². The second-order valence-electron chi connectivity index (χ2n) is 5.28. The number of fused-ring (bicyclic) bond motifs is 1. The first kappa shape index (κ1) is 14.0. The Morgan fingerprint density at radius 3 is 2.70 bits per heavy atom. The predicted molar refractivity (Wildman–Crippen MR) is 84.9 cm³/mol. The highest BCUT2D eigenvalue weighted by atomic mass is 32.1. The Morgan fingerprint density at radius 1 is 1.13 bits per heavy atom. The van der Waals surface area contributed by atoms with Crippen LogP contribution in [-0.2, 0) is 6.54 Å². The summed E-state index contributed by atoms with van der Waals surface area (Å²) in [5, 5.41) is 18.0. The van der Waals surface area contributed by atoms with E-state index in [4.69, 9.17) is 0 Å². The quantitative estimate of drug-likeness (QED) is 0.580. The largest absolute Gasteiger partial charge is 0.263 e. The van der Waals surface area contributed by atoms with Crippen LogP contribution in [-0.4, -0.2) is 29.6 Å². The van der Waals surface area contributed by atoms with Crippen LogP contribution in [0.4, 0.5) is 4.39 Å². The minimum atomic E-state index is -0.338. The number of hydrogen-bond donors (Lipinski definition) is 0. The van der Waals surface area contributed by atoms with Gasteiger partial charge in [0.2, 0.25) is 4.96 Å². The molecule has 0 unspecified atom stereocenters. The fraction of sp³-hybridized carbons (Fsp3) is 0.200. The molecule has 0 fully saturated rings. The molecule has 1 aromatic carbocycles. The zero-order valence-electron chi connectivity index (χ0n) is 12.6. The Kier molecular flexibility index (Phi) is 3.19. The van der Waals surface area contributed by atoms with Gasteiger partial charge in [0.15, 0.2) is 5.82 Å². The molecule has 0 radical (unpaired) electrons. The lowest BCUT2D eigenvalue weighted by Gasteiger charge is -2.00. The first-order valence-electron chi connectivity index (χ1n) is 7.09. The summed E-state index contributed by atoms with van der Waals surface area (Å²) in [5.41, 5.74) is 2.43. The van der Waals surface area contributed by atoms with E-state index >= 15 is 0 Å². The van der Waals surface area contributed by atoms with Crippen molar-refractivity contribution in [3.05, 3.63) is 52.5 Å². The molecule has 0 spiro atoms. The van der Waals surface area contributed by atoms with Gasteiger partial charge in [0, 0.05) is 5.69 Å². The first-order chi connectivity index (χ1) is 11.1. The molecule has 0 aliphatic rings. The van der Waals surface area contributed by atoms with E-state index in [2.05, 4.69) is 20.4 Å². The predicted octanol–water partition coefficient (Wildman–Crippen LogP) is 2.85. The molecule has 0 atom stereocenters. The van der Waals surface area contributed by atoms with E-state index in [1.165, 1.54) is 17.4 Å². The molecule has 3 aromatic heterocycles. The van der Waals surface area contributed by atoms with Crippen LogP contribution in [0.5, 0.6) is 0 Å². The summed E-state index contributed by atoms with van der Waals surface area (Å²) < 4.78 is 17.5. The lowest BCUT2D eigenvalue weighted by molar-refractivity contribution is 0.628. The second-order valence-corrected chi connectivity index (χ2v) is 6.32. The van der Waals surface area contributed by atoms with Gasteiger partial charge in [0.05, 0.1) is 17.8 Å². The molecule has 0 saturated heterocycles. The Bertz CT molecular complexity index is 999. The number of rotatable bonds is 3. The van der Waals surface area contributed by atoms with Gasteiger partial charge in [0.1, 0.15) is 10.8 Å². The number of halogens is 1. The minimum absolute atomic E-state index is 0.338.